The van der Waals surface area contributed by atoms with Crippen molar-refractivity contribution in [3.63, 3.8) is 0 Å². The third-order valence-electron chi connectivity index (χ3n) is 2.54. The molecule has 0 spiro atoms. The Hall–Kier alpha value is -1.10. The molecule has 0 saturated heterocycles. The third-order valence-corrected chi connectivity index (χ3v) is 2.85. The second-order valence-corrected chi connectivity index (χ2v) is 5.19. The number of nitrogens with one attached hydrogen (secondary N) is 2. The molecule has 1 atom stereocenters. The summed E-state index contributed by atoms with van der Waals surface area (Å²) in [5.74, 6) is -0.221. The van der Waals surface area contributed by atoms with Crippen molar-refractivity contribution < 1.29 is 9.59 Å². The van der Waals surface area contributed by atoms with Gasteiger partial charge in [0.1, 0.15) is 0 Å². The van der Waals surface area contributed by atoms with Crippen molar-refractivity contribution in [2.24, 2.45) is 0 Å². The van der Waals surface area contributed by atoms with Crippen LogP contribution in [-0.2, 0) is 4.79 Å². The summed E-state index contributed by atoms with van der Waals surface area (Å²) >= 11 is 6.04. The molecule has 2 N–H and O–H groups in total. The van der Waals surface area contributed by atoms with Crippen molar-refractivity contribution in [1.82, 2.24) is 5.32 Å². The van der Waals surface area contributed by atoms with E-state index in [4.69, 9.17) is 11.6 Å². The number of rotatable bonds is 5. The molecule has 0 saturated carbocycles. The lowest BCUT2D eigenvalue weighted by Crippen LogP contribution is -2.38. The summed E-state index contributed by atoms with van der Waals surface area (Å²) in [6, 6.07) is 4.83. The van der Waals surface area contributed by atoms with Gasteiger partial charge >= 0.3 is 0 Å². The fraction of sp³-hybridized carbons (Fsp3) is 0.429. The summed E-state index contributed by atoms with van der Waals surface area (Å²) in [4.78, 5) is 23.1. The first kappa shape index (κ1) is 18.9. The molecule has 1 aromatic rings. The topological polar surface area (TPSA) is 58.2 Å². The molecule has 0 radical (unpaired) electrons. The highest BCUT2D eigenvalue weighted by Crippen LogP contribution is 2.23. The fourth-order valence-electron chi connectivity index (χ4n) is 1.79. The number of Topliss-reactive ketones (excluding diaryl/α,β-unsaturated/α-hetero) is 1. The zero-order valence-electron chi connectivity index (χ0n) is 12.0. The molecule has 1 amide bonds. The lowest BCUT2D eigenvalue weighted by Gasteiger charge is -2.16. The normalized spacial score (nSPS) is 11.7. The molecule has 20 heavy (non-hydrogen) atoms. The number of carbonyl (C=O) groups excluding carboxylic acids is 2. The van der Waals surface area contributed by atoms with E-state index in [2.05, 4.69) is 10.6 Å². The van der Waals surface area contributed by atoms with Gasteiger partial charge in [-0.25, -0.2) is 0 Å². The first-order valence-corrected chi connectivity index (χ1v) is 6.56. The highest BCUT2D eigenvalue weighted by molar-refractivity contribution is 6.34. The summed E-state index contributed by atoms with van der Waals surface area (Å²) in [6.45, 7) is 7.19. The van der Waals surface area contributed by atoms with Gasteiger partial charge in [-0.05, 0) is 25.1 Å². The van der Waals surface area contributed by atoms with Crippen molar-refractivity contribution >= 4 is 41.4 Å². The van der Waals surface area contributed by atoms with Gasteiger partial charge in [0.05, 0.1) is 16.8 Å². The Morgan fingerprint density at radius 1 is 1.20 bits per heavy atom. The maximum absolute atomic E-state index is 12.2. The number of anilines is 1. The van der Waals surface area contributed by atoms with Crippen LogP contribution in [0.1, 0.15) is 38.1 Å². The second kappa shape index (κ2) is 8.25. The van der Waals surface area contributed by atoms with Crippen LogP contribution < -0.4 is 10.6 Å². The van der Waals surface area contributed by atoms with Gasteiger partial charge in [0.25, 0.3) is 0 Å². The van der Waals surface area contributed by atoms with Crippen LogP contribution in [0, 0.1) is 0 Å². The zero-order valence-corrected chi connectivity index (χ0v) is 13.6. The standard InChI is InChI=1S/C14H19ClN2O2.ClH/c1-8(2)16-9(3)14(19)11-5-6-13(12(15)7-11)17-10(4)18;/h5-9,16H,1-4H3,(H,17,18);1H. The predicted molar refractivity (Wildman–Crippen MR) is 85.1 cm³/mol. The van der Waals surface area contributed by atoms with Crippen molar-refractivity contribution in [3.05, 3.63) is 28.8 Å². The molecule has 1 unspecified atom stereocenters. The summed E-state index contributed by atoms with van der Waals surface area (Å²) in [7, 11) is 0. The molecule has 0 aliphatic heterocycles. The van der Waals surface area contributed by atoms with E-state index in [-0.39, 0.29) is 36.2 Å². The minimum Gasteiger partial charge on any atom is -0.325 e. The largest absolute Gasteiger partial charge is 0.325 e. The summed E-state index contributed by atoms with van der Waals surface area (Å²) < 4.78 is 0. The van der Waals surface area contributed by atoms with Gasteiger partial charge in [0.2, 0.25) is 5.91 Å². The van der Waals surface area contributed by atoms with Crippen LogP contribution in [0.4, 0.5) is 5.69 Å². The molecule has 0 fully saturated rings. The summed E-state index contributed by atoms with van der Waals surface area (Å²) in [5.41, 5.74) is 1.04. The lowest BCUT2D eigenvalue weighted by molar-refractivity contribution is -0.114. The van der Waals surface area contributed by atoms with E-state index in [1.54, 1.807) is 18.2 Å². The van der Waals surface area contributed by atoms with Crippen LogP contribution in [0.2, 0.25) is 5.02 Å². The average molecular weight is 319 g/mol. The molecule has 0 aliphatic rings. The van der Waals surface area contributed by atoms with Crippen molar-refractivity contribution in [3.8, 4) is 0 Å². The Labute approximate surface area is 130 Å². The number of carbonyl (C=O) groups is 2. The molecule has 0 aromatic heterocycles. The van der Waals surface area contributed by atoms with Crippen LogP contribution in [0.3, 0.4) is 0 Å². The molecule has 0 bridgehead atoms. The highest BCUT2D eigenvalue weighted by atomic mass is 35.5. The second-order valence-electron chi connectivity index (χ2n) is 4.78. The van der Waals surface area contributed by atoms with Crippen molar-refractivity contribution in [1.29, 1.82) is 0 Å². The number of hydrogen-bond donors (Lipinski definition) is 2. The van der Waals surface area contributed by atoms with Crippen LogP contribution in [-0.4, -0.2) is 23.8 Å². The van der Waals surface area contributed by atoms with Gasteiger partial charge in [0, 0.05) is 18.5 Å². The Morgan fingerprint density at radius 3 is 2.25 bits per heavy atom. The molecular formula is C14H20Cl2N2O2. The minimum atomic E-state index is -0.275. The van der Waals surface area contributed by atoms with E-state index in [9.17, 15) is 9.59 Å². The molecular weight excluding hydrogens is 299 g/mol. The third kappa shape index (κ3) is 5.49. The Morgan fingerprint density at radius 2 is 1.80 bits per heavy atom. The lowest BCUT2D eigenvalue weighted by atomic mass is 10.0. The molecule has 1 aromatic carbocycles. The van der Waals surface area contributed by atoms with Gasteiger partial charge in [-0.2, -0.15) is 0 Å². The van der Waals surface area contributed by atoms with Gasteiger partial charge in [-0.3, -0.25) is 9.59 Å². The van der Waals surface area contributed by atoms with Crippen LogP contribution in [0.5, 0.6) is 0 Å². The van der Waals surface area contributed by atoms with Gasteiger partial charge < -0.3 is 10.6 Å². The molecule has 1 rings (SSSR count). The highest BCUT2D eigenvalue weighted by Gasteiger charge is 2.16. The maximum atomic E-state index is 12.2. The SMILES string of the molecule is CC(=O)Nc1ccc(C(=O)C(C)NC(C)C)cc1Cl.Cl. The predicted octanol–water partition coefficient (Wildman–Crippen LogP) is 3.29. The summed E-state index contributed by atoms with van der Waals surface area (Å²) in [5, 5.41) is 6.11. The summed E-state index contributed by atoms with van der Waals surface area (Å²) in [6.07, 6.45) is 0. The van der Waals surface area contributed by atoms with E-state index in [0.29, 0.717) is 16.3 Å². The van der Waals surface area contributed by atoms with E-state index in [1.165, 1.54) is 6.92 Å². The first-order chi connectivity index (χ1) is 8.81. The fourth-order valence-corrected chi connectivity index (χ4v) is 2.01. The van der Waals surface area contributed by atoms with Crippen molar-refractivity contribution in [2.45, 2.75) is 39.8 Å². The monoisotopic (exact) mass is 318 g/mol. The first-order valence-electron chi connectivity index (χ1n) is 6.18. The minimum absolute atomic E-state index is 0. The van der Waals surface area contributed by atoms with E-state index in [1.807, 2.05) is 20.8 Å². The number of benzene rings is 1. The molecule has 4 nitrogen and oxygen atoms in total. The quantitative estimate of drug-likeness (QED) is 0.819. The smallest absolute Gasteiger partial charge is 0.221 e. The van der Waals surface area contributed by atoms with E-state index in [0.717, 1.165) is 0 Å². The van der Waals surface area contributed by atoms with E-state index < -0.39 is 0 Å². The van der Waals surface area contributed by atoms with Crippen LogP contribution >= 0.6 is 24.0 Å². The van der Waals surface area contributed by atoms with Gasteiger partial charge in [-0.1, -0.05) is 25.4 Å². The molecule has 0 aliphatic carbocycles. The van der Waals surface area contributed by atoms with Gasteiger partial charge in [-0.15, -0.1) is 12.4 Å². The number of hydrogen-bond acceptors (Lipinski definition) is 3. The number of halogens is 2. The number of ketones is 1. The zero-order chi connectivity index (χ0) is 14.6. The molecule has 6 heteroatoms. The molecule has 0 heterocycles. The van der Waals surface area contributed by atoms with Crippen LogP contribution in [0.25, 0.3) is 0 Å². The molecule has 112 valence electrons. The Bertz CT molecular complexity index is 490. The maximum Gasteiger partial charge on any atom is 0.221 e. The Balaban J connectivity index is 0.00000361. The average Bonchev–Trinajstić information content (AvgIpc) is 2.29. The Kier molecular flexibility index (Phi) is 7.79. The van der Waals surface area contributed by atoms with Crippen LogP contribution in [0.15, 0.2) is 18.2 Å². The number of amides is 1. The van der Waals surface area contributed by atoms with Gasteiger partial charge in [0.15, 0.2) is 5.78 Å². The van der Waals surface area contributed by atoms with E-state index >= 15 is 0 Å². The van der Waals surface area contributed by atoms with Crippen molar-refractivity contribution in [2.75, 3.05) is 5.32 Å².